The second kappa shape index (κ2) is 62.0. The molecule has 8 atom stereocenters. The molecule has 0 radical (unpaired) electrons. The van der Waals surface area contributed by atoms with Gasteiger partial charge in [-0.15, -0.1) is 0 Å². The van der Waals surface area contributed by atoms with Crippen LogP contribution < -0.4 is 5.32 Å². The van der Waals surface area contributed by atoms with Gasteiger partial charge in [-0.25, -0.2) is 0 Å². The molecule has 1 aliphatic heterocycles. The van der Waals surface area contributed by atoms with Crippen molar-refractivity contribution in [3.8, 4) is 0 Å². The SMILES string of the molecule is CC/C=C\C/C=C\C/C=C\C/C=C\C/C=C\C/C=C\CCC(=O)OC1C(OCC(NC(=O)C(O)CCCCCCCCCCCC/C=C\C/C=C\C/C=C\C/C=C\CCCCC)C(O)/C=C/CCCCCCCCCCCCC)OC(CO)C(O)C1O. The molecule has 0 spiro atoms. The topological polar surface area (TPSA) is 175 Å². The number of carbonyl (C=O) groups is 2. The maximum atomic E-state index is 13.5. The van der Waals surface area contributed by atoms with Crippen LogP contribution in [0.3, 0.4) is 0 Å². The standard InChI is InChI=1S/C76H127NO10/c1-4-7-10-13-16-19-22-25-27-29-31-32-33-34-35-36-37-39-40-42-45-48-51-54-57-60-63-69(80)75(84)77-67(68(79)62-59-56-53-50-47-44-24-21-18-15-12-9-6-3)66-85-76-74(73(83)72(82)70(65-78)86-76)87-71(81)64-61-58-55-52-49-46-43-41-38-30-28-26-23-20-17-14-11-8-5-2/h8,11,16-17,19-20,25-28,31-32,34-35,38,41,46,49,55,58-59,62,67-70,72-74,76,78-80,82-83H,4-7,9-10,12-15,18,21-24,29-30,33,36-37,39-40,42-45,47-48,50-54,56-57,60-61,63-66H2,1-3H3,(H,77,84)/b11-8-,19-16-,20-17-,27-25-,28-26-,32-31-,35-34-,41-38-,49-46-,58-55-,62-59+. The molecule has 6 N–H and O–H groups in total. The number of hydrogen-bond acceptors (Lipinski definition) is 10. The summed E-state index contributed by atoms with van der Waals surface area (Å²) in [6.45, 7) is 5.62. The molecule has 87 heavy (non-hydrogen) atoms. The van der Waals surface area contributed by atoms with Crippen molar-refractivity contribution in [3.63, 3.8) is 0 Å². The number of carbonyl (C=O) groups excluding carboxylic acids is 2. The number of hydrogen-bond donors (Lipinski definition) is 6. The highest BCUT2D eigenvalue weighted by Crippen LogP contribution is 2.26. The molecule has 11 heteroatoms. The lowest BCUT2D eigenvalue weighted by molar-refractivity contribution is -0.305. The summed E-state index contributed by atoms with van der Waals surface area (Å²) in [4.78, 5) is 26.6. The molecule has 496 valence electrons. The van der Waals surface area contributed by atoms with Gasteiger partial charge < -0.3 is 45.1 Å². The van der Waals surface area contributed by atoms with E-state index in [1.54, 1.807) is 6.08 Å². The van der Waals surface area contributed by atoms with Crippen molar-refractivity contribution in [1.29, 1.82) is 0 Å². The van der Waals surface area contributed by atoms with Crippen LogP contribution in [-0.2, 0) is 23.8 Å². The maximum absolute atomic E-state index is 13.5. The first-order chi connectivity index (χ1) is 42.7. The lowest BCUT2D eigenvalue weighted by Gasteiger charge is -2.41. The van der Waals surface area contributed by atoms with Crippen molar-refractivity contribution >= 4 is 11.9 Å². The second-order valence-electron chi connectivity index (χ2n) is 23.5. The van der Waals surface area contributed by atoms with Gasteiger partial charge in [-0.05, 0) is 109 Å². The Kier molecular flexibility index (Phi) is 57.6. The molecule has 1 heterocycles. The third kappa shape index (κ3) is 49.3. The molecule has 0 aromatic carbocycles. The van der Waals surface area contributed by atoms with Gasteiger partial charge in [0.2, 0.25) is 5.91 Å². The summed E-state index contributed by atoms with van der Waals surface area (Å²) >= 11 is 0. The molecule has 0 aromatic heterocycles. The minimum absolute atomic E-state index is 0.00843. The van der Waals surface area contributed by atoms with Gasteiger partial charge in [0.25, 0.3) is 0 Å². The predicted octanol–water partition coefficient (Wildman–Crippen LogP) is 18.0. The molecule has 1 fully saturated rings. The maximum Gasteiger partial charge on any atom is 0.306 e. The first-order valence-electron chi connectivity index (χ1n) is 35.0. The van der Waals surface area contributed by atoms with Gasteiger partial charge in [0.1, 0.15) is 24.4 Å². The van der Waals surface area contributed by atoms with Crippen molar-refractivity contribution in [2.45, 2.75) is 320 Å². The average molecular weight is 1210 g/mol. The van der Waals surface area contributed by atoms with E-state index in [9.17, 15) is 35.1 Å². The number of unbranched alkanes of at least 4 members (excludes halogenated alkanes) is 24. The van der Waals surface area contributed by atoms with E-state index in [4.69, 9.17) is 14.2 Å². The van der Waals surface area contributed by atoms with Crippen molar-refractivity contribution in [1.82, 2.24) is 5.32 Å². The molecule has 1 aliphatic rings. The Hall–Kier alpha value is -4.20. The third-order valence-electron chi connectivity index (χ3n) is 15.5. The predicted molar refractivity (Wildman–Crippen MR) is 365 cm³/mol. The highest BCUT2D eigenvalue weighted by atomic mass is 16.7. The van der Waals surface area contributed by atoms with Gasteiger partial charge in [-0.2, -0.15) is 0 Å². The minimum atomic E-state index is -1.65. The molecular formula is C76H127NO10. The van der Waals surface area contributed by atoms with E-state index in [2.05, 4.69) is 135 Å². The van der Waals surface area contributed by atoms with E-state index >= 15 is 0 Å². The number of ether oxygens (including phenoxy) is 3. The molecule has 11 nitrogen and oxygen atoms in total. The normalized spacial score (nSPS) is 19.1. The highest BCUT2D eigenvalue weighted by Gasteiger charge is 2.47. The molecule has 1 amide bonds. The van der Waals surface area contributed by atoms with Crippen LogP contribution in [0.25, 0.3) is 0 Å². The largest absolute Gasteiger partial charge is 0.454 e. The lowest BCUT2D eigenvalue weighted by atomic mass is 9.99. The number of esters is 1. The molecule has 0 aromatic rings. The van der Waals surface area contributed by atoms with Crippen LogP contribution in [0, 0.1) is 0 Å². The zero-order valence-corrected chi connectivity index (χ0v) is 55.1. The van der Waals surface area contributed by atoms with E-state index in [1.165, 1.54) is 116 Å². The van der Waals surface area contributed by atoms with E-state index in [0.717, 1.165) is 103 Å². The molecule has 0 aliphatic carbocycles. The Morgan fingerprint density at radius 2 is 0.828 bits per heavy atom. The van der Waals surface area contributed by atoms with Crippen LogP contribution in [-0.4, -0.2) is 99.6 Å². The summed E-state index contributed by atoms with van der Waals surface area (Å²) < 4.78 is 17.6. The Morgan fingerprint density at radius 1 is 0.460 bits per heavy atom. The van der Waals surface area contributed by atoms with Crippen molar-refractivity contribution in [2.24, 2.45) is 0 Å². The van der Waals surface area contributed by atoms with Crippen LogP contribution in [0.4, 0.5) is 0 Å². The molecule has 1 rings (SSSR count). The number of aliphatic hydroxyl groups excluding tert-OH is 5. The summed E-state index contributed by atoms with van der Waals surface area (Å²) in [6.07, 6.45) is 77.8. The molecular weight excluding hydrogens is 1090 g/mol. The summed E-state index contributed by atoms with van der Waals surface area (Å²) in [7, 11) is 0. The van der Waals surface area contributed by atoms with E-state index in [0.29, 0.717) is 19.3 Å². The zero-order valence-electron chi connectivity index (χ0n) is 55.1. The van der Waals surface area contributed by atoms with Crippen LogP contribution in [0.15, 0.2) is 134 Å². The highest BCUT2D eigenvalue weighted by molar-refractivity contribution is 5.80. The van der Waals surface area contributed by atoms with Crippen LogP contribution in [0.1, 0.15) is 271 Å². The lowest BCUT2D eigenvalue weighted by Crippen LogP contribution is -2.61. The van der Waals surface area contributed by atoms with Gasteiger partial charge in [-0.3, -0.25) is 9.59 Å². The first-order valence-corrected chi connectivity index (χ1v) is 35.0. The first kappa shape index (κ1) is 80.8. The summed E-state index contributed by atoms with van der Waals surface area (Å²) in [5, 5.41) is 57.2. The fourth-order valence-electron chi connectivity index (χ4n) is 10.1. The van der Waals surface area contributed by atoms with Crippen molar-refractivity contribution in [3.05, 3.63) is 134 Å². The van der Waals surface area contributed by atoms with E-state index < -0.39 is 67.4 Å². The quantitative estimate of drug-likeness (QED) is 0.0195. The van der Waals surface area contributed by atoms with Crippen LogP contribution in [0.2, 0.25) is 0 Å². The Bertz CT molecular complexity index is 1930. The summed E-state index contributed by atoms with van der Waals surface area (Å²) in [6, 6.07) is -1.05. The second-order valence-corrected chi connectivity index (χ2v) is 23.5. The summed E-state index contributed by atoms with van der Waals surface area (Å²) in [5.74, 6) is -1.29. The molecule has 0 saturated carbocycles. The van der Waals surface area contributed by atoms with Crippen molar-refractivity contribution < 1.29 is 49.3 Å². The number of amides is 1. The Balaban J connectivity index is 2.65. The van der Waals surface area contributed by atoms with Crippen LogP contribution in [0.5, 0.6) is 0 Å². The minimum Gasteiger partial charge on any atom is -0.454 e. The fourth-order valence-corrected chi connectivity index (χ4v) is 10.1. The summed E-state index contributed by atoms with van der Waals surface area (Å²) in [5.41, 5.74) is 0. The fraction of sp³-hybridized carbons (Fsp3) is 0.684. The number of nitrogens with one attached hydrogen (secondary N) is 1. The smallest absolute Gasteiger partial charge is 0.306 e. The van der Waals surface area contributed by atoms with Gasteiger partial charge in [0, 0.05) is 6.42 Å². The van der Waals surface area contributed by atoms with Crippen LogP contribution >= 0.6 is 0 Å². The average Bonchev–Trinajstić information content (AvgIpc) is 2.51. The van der Waals surface area contributed by atoms with E-state index in [1.807, 2.05) is 18.2 Å². The number of allylic oxidation sites excluding steroid dienone is 21. The number of rotatable bonds is 58. The third-order valence-corrected chi connectivity index (χ3v) is 15.5. The molecule has 1 saturated heterocycles. The number of aliphatic hydroxyl groups is 5. The van der Waals surface area contributed by atoms with Gasteiger partial charge in [0.05, 0.1) is 25.4 Å². The zero-order chi connectivity index (χ0) is 63.1. The molecule has 0 bridgehead atoms. The van der Waals surface area contributed by atoms with E-state index in [-0.39, 0.29) is 19.4 Å². The van der Waals surface area contributed by atoms with Crippen molar-refractivity contribution in [2.75, 3.05) is 13.2 Å². The van der Waals surface area contributed by atoms with Gasteiger partial charge in [0.15, 0.2) is 12.4 Å². The van der Waals surface area contributed by atoms with Gasteiger partial charge in [-0.1, -0.05) is 289 Å². The Morgan fingerprint density at radius 3 is 1.26 bits per heavy atom. The van der Waals surface area contributed by atoms with Gasteiger partial charge >= 0.3 is 5.97 Å². The monoisotopic (exact) mass is 1210 g/mol. The molecule has 8 unspecified atom stereocenters. The Labute approximate surface area is 531 Å².